The second kappa shape index (κ2) is 6.99. The van der Waals surface area contributed by atoms with Crippen LogP contribution in [0.1, 0.15) is 13.8 Å². The summed E-state index contributed by atoms with van der Waals surface area (Å²) in [5.74, 6) is -0.170. The molecule has 0 unspecified atom stereocenters. The molecule has 116 valence electrons. The van der Waals surface area contributed by atoms with Gasteiger partial charge in [-0.25, -0.2) is 10.5 Å². The summed E-state index contributed by atoms with van der Waals surface area (Å²) in [6.45, 7) is 5.17. The third kappa shape index (κ3) is 4.78. The Kier molecular flexibility index (Phi) is 5.29. The van der Waals surface area contributed by atoms with Crippen molar-refractivity contribution >= 4 is 29.5 Å². The first-order chi connectivity index (χ1) is 10.00. The first kappa shape index (κ1) is 15.9. The summed E-state index contributed by atoms with van der Waals surface area (Å²) in [6.07, 6.45) is 1.90. The van der Waals surface area contributed by atoms with Crippen LogP contribution in [0.2, 0.25) is 5.28 Å². The molecule has 2 heterocycles. The average molecular weight is 317 g/mol. The van der Waals surface area contributed by atoms with Gasteiger partial charge < -0.3 is 14.8 Å². The Hall–Kier alpha value is -1.48. The fourth-order valence-electron chi connectivity index (χ4n) is 1.66. The van der Waals surface area contributed by atoms with Crippen LogP contribution in [-0.4, -0.2) is 42.0 Å². The highest BCUT2D eigenvalue weighted by atomic mass is 35.5. The molecule has 1 amide bonds. The summed E-state index contributed by atoms with van der Waals surface area (Å²) >= 11 is 5.70. The molecule has 1 aliphatic rings. The molecule has 1 aromatic heterocycles. The number of nitrogens with zero attached hydrogens (tertiary/aromatic N) is 2. The number of ether oxygens (including phenoxy) is 2. The van der Waals surface area contributed by atoms with Crippen molar-refractivity contribution < 1.29 is 19.1 Å². The zero-order valence-corrected chi connectivity index (χ0v) is 12.5. The van der Waals surface area contributed by atoms with Gasteiger partial charge in [0, 0.05) is 5.92 Å². The molecule has 0 aromatic carbocycles. The molecule has 0 spiro atoms. The van der Waals surface area contributed by atoms with Crippen molar-refractivity contribution in [2.45, 2.75) is 19.6 Å². The van der Waals surface area contributed by atoms with Crippen molar-refractivity contribution in [1.29, 1.82) is 0 Å². The van der Waals surface area contributed by atoms with E-state index in [9.17, 15) is 4.79 Å². The van der Waals surface area contributed by atoms with E-state index in [1.807, 2.05) is 13.8 Å². The van der Waals surface area contributed by atoms with Gasteiger partial charge in [-0.1, -0.05) is 0 Å². The minimum absolute atomic E-state index is 0.0450. The number of carbonyl (C=O) groups excluding carboxylic acids is 1. The molecule has 1 aliphatic heterocycles. The van der Waals surface area contributed by atoms with Crippen molar-refractivity contribution in [3.8, 4) is 0 Å². The van der Waals surface area contributed by atoms with Gasteiger partial charge in [-0.3, -0.25) is 9.63 Å². The van der Waals surface area contributed by atoms with Gasteiger partial charge >= 0.3 is 0 Å². The number of anilines is 2. The van der Waals surface area contributed by atoms with Gasteiger partial charge in [0.2, 0.25) is 11.7 Å². The van der Waals surface area contributed by atoms with Crippen LogP contribution in [0.15, 0.2) is 6.20 Å². The maximum absolute atomic E-state index is 10.5. The Morgan fingerprint density at radius 3 is 2.90 bits per heavy atom. The summed E-state index contributed by atoms with van der Waals surface area (Å²) in [6, 6.07) is 0. The molecule has 0 atom stereocenters. The number of aromatic nitrogens is 2. The van der Waals surface area contributed by atoms with Crippen molar-refractivity contribution in [2.75, 3.05) is 30.6 Å². The second-order valence-corrected chi connectivity index (χ2v) is 5.30. The highest BCUT2D eigenvalue weighted by Crippen LogP contribution is 2.22. The fraction of sp³-hybridized carbons (Fsp3) is 0.583. The molecular weight excluding hydrogens is 300 g/mol. The average Bonchev–Trinajstić information content (AvgIpc) is 2.44. The maximum Gasteiger partial charge on any atom is 0.224 e. The van der Waals surface area contributed by atoms with Gasteiger partial charge in [0.15, 0.2) is 11.6 Å². The normalized spacial score (nSPS) is 18.2. The number of hydrogen-bond donors (Lipinski definition) is 2. The predicted octanol–water partition coefficient (Wildman–Crippen LogP) is 1.44. The molecule has 1 fully saturated rings. The summed E-state index contributed by atoms with van der Waals surface area (Å²) in [5.41, 5.74) is 3.01. The van der Waals surface area contributed by atoms with E-state index in [-0.39, 0.29) is 17.0 Å². The van der Waals surface area contributed by atoms with E-state index < -0.39 is 5.79 Å². The minimum Gasteiger partial charge on any atom is -0.350 e. The standard InChI is InChI=1S/C12H17ClN4O4/c1-12(2)19-4-8(5-20-12)6-21-17-10-9(15-7-18)3-14-11(13)16-10/h3,7-8H,4-6H2,1-2H3,(H,15,18)(H,14,16,17). The first-order valence-electron chi connectivity index (χ1n) is 6.38. The van der Waals surface area contributed by atoms with Crippen LogP contribution in [0.5, 0.6) is 0 Å². The number of nitrogens with one attached hydrogen (secondary N) is 2. The van der Waals surface area contributed by atoms with Gasteiger partial charge in [-0.05, 0) is 25.4 Å². The van der Waals surface area contributed by atoms with E-state index in [2.05, 4.69) is 20.8 Å². The highest BCUT2D eigenvalue weighted by Gasteiger charge is 2.28. The van der Waals surface area contributed by atoms with Gasteiger partial charge in [-0.2, -0.15) is 4.98 Å². The lowest BCUT2D eigenvalue weighted by atomic mass is 10.1. The molecule has 9 heteroatoms. The Morgan fingerprint density at radius 2 is 2.24 bits per heavy atom. The van der Waals surface area contributed by atoms with Crippen molar-refractivity contribution in [1.82, 2.24) is 9.97 Å². The smallest absolute Gasteiger partial charge is 0.224 e. The van der Waals surface area contributed by atoms with Gasteiger partial charge in [0.25, 0.3) is 0 Å². The number of halogens is 1. The van der Waals surface area contributed by atoms with Gasteiger partial charge in [0.1, 0.15) is 5.69 Å². The quantitative estimate of drug-likeness (QED) is 0.466. The molecular formula is C12H17ClN4O4. The molecule has 0 aliphatic carbocycles. The van der Waals surface area contributed by atoms with Crippen LogP contribution in [0.3, 0.4) is 0 Å². The molecule has 0 bridgehead atoms. The molecule has 21 heavy (non-hydrogen) atoms. The van der Waals surface area contributed by atoms with Crippen molar-refractivity contribution in [3.05, 3.63) is 11.5 Å². The Bertz CT molecular complexity index is 490. The lowest BCUT2D eigenvalue weighted by molar-refractivity contribution is -0.265. The predicted molar refractivity (Wildman–Crippen MR) is 75.8 cm³/mol. The SMILES string of the molecule is CC1(C)OCC(CONc2nc(Cl)ncc2NC=O)CO1. The second-order valence-electron chi connectivity index (χ2n) is 4.96. The fourth-order valence-corrected chi connectivity index (χ4v) is 1.79. The zero-order chi connectivity index (χ0) is 15.3. The third-order valence-electron chi connectivity index (χ3n) is 2.79. The van der Waals surface area contributed by atoms with Crippen LogP contribution >= 0.6 is 11.6 Å². The van der Waals surface area contributed by atoms with E-state index in [0.717, 1.165) is 0 Å². The lowest BCUT2D eigenvalue weighted by Crippen LogP contribution is -2.41. The molecule has 0 radical (unpaired) electrons. The van der Waals surface area contributed by atoms with Crippen LogP contribution < -0.4 is 10.8 Å². The Balaban J connectivity index is 1.83. The van der Waals surface area contributed by atoms with E-state index in [1.165, 1.54) is 6.20 Å². The summed E-state index contributed by atoms with van der Waals surface area (Å²) in [7, 11) is 0. The summed E-state index contributed by atoms with van der Waals surface area (Å²) in [5, 5.41) is 2.49. The zero-order valence-electron chi connectivity index (χ0n) is 11.8. The van der Waals surface area contributed by atoms with Gasteiger partial charge in [0.05, 0.1) is 26.0 Å². The monoisotopic (exact) mass is 316 g/mol. The number of rotatable bonds is 6. The topological polar surface area (TPSA) is 94.6 Å². The first-order valence-corrected chi connectivity index (χ1v) is 6.76. The largest absolute Gasteiger partial charge is 0.350 e. The Labute approximate surface area is 127 Å². The molecule has 0 saturated carbocycles. The summed E-state index contributed by atoms with van der Waals surface area (Å²) in [4.78, 5) is 23.5. The molecule has 8 nitrogen and oxygen atoms in total. The number of hydrogen-bond acceptors (Lipinski definition) is 7. The minimum atomic E-state index is -0.550. The van der Waals surface area contributed by atoms with Crippen LogP contribution in [0.4, 0.5) is 11.5 Å². The van der Waals surface area contributed by atoms with E-state index in [1.54, 1.807) is 0 Å². The highest BCUT2D eigenvalue weighted by molar-refractivity contribution is 6.28. The van der Waals surface area contributed by atoms with Gasteiger partial charge in [-0.15, -0.1) is 0 Å². The maximum atomic E-state index is 10.5. The molecule has 1 saturated heterocycles. The van der Waals surface area contributed by atoms with Crippen molar-refractivity contribution in [3.63, 3.8) is 0 Å². The molecule has 2 rings (SSSR count). The Morgan fingerprint density at radius 1 is 1.52 bits per heavy atom. The van der Waals surface area contributed by atoms with Crippen LogP contribution in [-0.2, 0) is 19.1 Å². The lowest BCUT2D eigenvalue weighted by Gasteiger charge is -2.34. The van der Waals surface area contributed by atoms with Crippen molar-refractivity contribution in [2.24, 2.45) is 5.92 Å². The number of amides is 1. The molecule has 1 aromatic rings. The summed E-state index contributed by atoms with van der Waals surface area (Å²) < 4.78 is 11.1. The molecule has 2 N–H and O–H groups in total. The number of carbonyl (C=O) groups is 1. The van der Waals surface area contributed by atoms with E-state index in [0.29, 0.717) is 31.9 Å². The van der Waals surface area contributed by atoms with Crippen LogP contribution in [0, 0.1) is 5.92 Å². The van der Waals surface area contributed by atoms with E-state index >= 15 is 0 Å². The van der Waals surface area contributed by atoms with E-state index in [4.69, 9.17) is 25.9 Å². The third-order valence-corrected chi connectivity index (χ3v) is 2.98. The van der Waals surface area contributed by atoms with Crippen LogP contribution in [0.25, 0.3) is 0 Å².